The lowest BCUT2D eigenvalue weighted by Crippen LogP contribution is -2.33. The highest BCUT2D eigenvalue weighted by Crippen LogP contribution is 2.33. The molecule has 0 spiro atoms. The van der Waals surface area contributed by atoms with Crippen molar-refractivity contribution in [3.63, 3.8) is 0 Å². The van der Waals surface area contributed by atoms with E-state index in [0.29, 0.717) is 17.7 Å². The van der Waals surface area contributed by atoms with Crippen molar-refractivity contribution in [1.29, 1.82) is 0 Å². The maximum Gasteiger partial charge on any atom is 0.263 e. The number of carbonyl (C=O) groups is 2. The molecule has 0 saturated carbocycles. The predicted octanol–water partition coefficient (Wildman–Crippen LogP) is 3.15. The molecular weight excluding hydrogens is 358 g/mol. The highest BCUT2D eigenvalue weighted by atomic mass is 32.1. The summed E-state index contributed by atoms with van der Waals surface area (Å²) in [6, 6.07) is 5.19. The molecule has 1 atom stereocenters. The van der Waals surface area contributed by atoms with Crippen LogP contribution in [0.15, 0.2) is 24.3 Å². The molecule has 4 nitrogen and oxygen atoms in total. The Kier molecular flexibility index (Phi) is 5.36. The van der Waals surface area contributed by atoms with Gasteiger partial charge in [0.05, 0.1) is 4.88 Å². The molecule has 0 radical (unpaired) electrons. The Balaban J connectivity index is 1.63. The number of nitrogens with zero attached hydrogens (tertiary/aromatic N) is 1. The van der Waals surface area contributed by atoms with Gasteiger partial charge in [-0.3, -0.25) is 9.59 Å². The van der Waals surface area contributed by atoms with E-state index < -0.39 is 11.6 Å². The summed E-state index contributed by atoms with van der Waals surface area (Å²) in [5.74, 6) is -1.69. The van der Waals surface area contributed by atoms with Crippen LogP contribution in [0, 0.1) is 17.6 Å². The number of hydrogen-bond donors (Lipinski definition) is 1. The molecule has 0 bridgehead atoms. The number of benzene rings is 1. The molecule has 1 aromatic carbocycles. The molecule has 0 aliphatic heterocycles. The number of halogens is 2. The van der Waals surface area contributed by atoms with Crippen molar-refractivity contribution in [3.8, 4) is 0 Å². The minimum Gasteiger partial charge on any atom is -0.352 e. The summed E-state index contributed by atoms with van der Waals surface area (Å²) in [6.07, 6.45) is 2.02. The molecule has 1 unspecified atom stereocenters. The molecule has 0 saturated heterocycles. The molecular formula is C19H20F2N2O2S. The highest BCUT2D eigenvalue weighted by Gasteiger charge is 2.27. The third-order valence-corrected chi connectivity index (χ3v) is 5.76. The second-order valence-electron chi connectivity index (χ2n) is 6.65. The molecule has 1 aromatic heterocycles. The molecule has 0 fully saturated rings. The van der Waals surface area contributed by atoms with Crippen molar-refractivity contribution in [3.05, 3.63) is 56.8 Å². The number of rotatable bonds is 4. The smallest absolute Gasteiger partial charge is 0.263 e. The van der Waals surface area contributed by atoms with Crippen LogP contribution >= 0.6 is 11.3 Å². The normalized spacial score (nSPS) is 16.1. The Labute approximate surface area is 154 Å². The number of aryl methyl sites for hydroxylation is 1. The SMILES string of the molecule is CN(C)C(=O)c1cc2c(s1)CCC(C(=O)NCc1ccc(F)cc1F)C2. The first-order chi connectivity index (χ1) is 12.3. The largest absolute Gasteiger partial charge is 0.352 e. The van der Waals surface area contributed by atoms with Gasteiger partial charge in [-0.25, -0.2) is 8.78 Å². The van der Waals surface area contributed by atoms with Crippen LogP contribution < -0.4 is 5.32 Å². The molecule has 3 rings (SSSR count). The number of carbonyl (C=O) groups excluding carboxylic acids is 2. The lowest BCUT2D eigenvalue weighted by molar-refractivity contribution is -0.125. The van der Waals surface area contributed by atoms with Crippen LogP contribution in [0.1, 0.15) is 32.1 Å². The van der Waals surface area contributed by atoms with Gasteiger partial charge in [-0.15, -0.1) is 11.3 Å². The Bertz CT molecular complexity index is 848. The maximum absolute atomic E-state index is 13.7. The van der Waals surface area contributed by atoms with E-state index in [1.165, 1.54) is 23.5 Å². The number of fused-ring (bicyclic) bond motifs is 1. The lowest BCUT2D eigenvalue weighted by Gasteiger charge is -2.21. The Morgan fingerprint density at radius 1 is 1.27 bits per heavy atom. The fourth-order valence-electron chi connectivity index (χ4n) is 3.06. The van der Waals surface area contributed by atoms with E-state index in [9.17, 15) is 18.4 Å². The zero-order valence-corrected chi connectivity index (χ0v) is 15.5. The molecule has 2 amide bonds. The van der Waals surface area contributed by atoms with Gasteiger partial charge in [0.15, 0.2) is 0 Å². The molecule has 138 valence electrons. The van der Waals surface area contributed by atoms with Crippen molar-refractivity contribution >= 4 is 23.2 Å². The summed E-state index contributed by atoms with van der Waals surface area (Å²) in [6.45, 7) is 0.0301. The van der Waals surface area contributed by atoms with Gasteiger partial charge in [0.2, 0.25) is 5.91 Å². The lowest BCUT2D eigenvalue weighted by atomic mass is 9.87. The summed E-state index contributed by atoms with van der Waals surface area (Å²) < 4.78 is 26.6. The Hall–Kier alpha value is -2.28. The van der Waals surface area contributed by atoms with E-state index in [1.54, 1.807) is 19.0 Å². The van der Waals surface area contributed by atoms with Gasteiger partial charge in [-0.2, -0.15) is 0 Å². The molecule has 1 aliphatic rings. The number of nitrogens with one attached hydrogen (secondary N) is 1. The molecule has 1 heterocycles. The molecule has 2 aromatic rings. The fourth-order valence-corrected chi connectivity index (χ4v) is 4.29. The minimum atomic E-state index is -0.666. The molecule has 26 heavy (non-hydrogen) atoms. The highest BCUT2D eigenvalue weighted by molar-refractivity contribution is 7.14. The topological polar surface area (TPSA) is 49.4 Å². The van der Waals surface area contributed by atoms with Gasteiger partial charge < -0.3 is 10.2 Å². The average molecular weight is 378 g/mol. The van der Waals surface area contributed by atoms with Crippen LogP contribution in [0.2, 0.25) is 0 Å². The minimum absolute atomic E-state index is 0.0301. The van der Waals surface area contributed by atoms with Crippen LogP contribution in [0.5, 0.6) is 0 Å². The van der Waals surface area contributed by atoms with E-state index in [2.05, 4.69) is 5.32 Å². The summed E-state index contributed by atoms with van der Waals surface area (Å²) in [5, 5.41) is 2.73. The summed E-state index contributed by atoms with van der Waals surface area (Å²) in [4.78, 5) is 27.9. The van der Waals surface area contributed by atoms with Gasteiger partial charge in [-0.05, 0) is 37.0 Å². The van der Waals surface area contributed by atoms with Gasteiger partial charge in [0.25, 0.3) is 5.91 Å². The van der Waals surface area contributed by atoms with Crippen molar-refractivity contribution < 1.29 is 18.4 Å². The number of thiophene rings is 1. The molecule has 1 N–H and O–H groups in total. The van der Waals surface area contributed by atoms with E-state index in [0.717, 1.165) is 22.9 Å². The number of amides is 2. The first kappa shape index (κ1) is 18.5. The van der Waals surface area contributed by atoms with Crippen LogP contribution in [-0.4, -0.2) is 30.8 Å². The summed E-state index contributed by atoms with van der Waals surface area (Å²) in [5.41, 5.74) is 1.30. The summed E-state index contributed by atoms with van der Waals surface area (Å²) in [7, 11) is 3.43. The maximum atomic E-state index is 13.7. The van der Waals surface area contributed by atoms with Gasteiger partial charge >= 0.3 is 0 Å². The molecule has 7 heteroatoms. The van der Waals surface area contributed by atoms with Crippen LogP contribution in [0.25, 0.3) is 0 Å². The van der Waals surface area contributed by atoms with Gasteiger partial charge in [-0.1, -0.05) is 6.07 Å². The Morgan fingerprint density at radius 2 is 2.04 bits per heavy atom. The third kappa shape index (κ3) is 3.93. The van der Waals surface area contributed by atoms with Crippen LogP contribution in [0.4, 0.5) is 8.78 Å². The van der Waals surface area contributed by atoms with Crippen molar-refractivity contribution in [2.24, 2.45) is 5.92 Å². The van der Waals surface area contributed by atoms with Crippen LogP contribution in [-0.2, 0) is 24.2 Å². The van der Waals surface area contributed by atoms with Crippen molar-refractivity contribution in [2.45, 2.75) is 25.8 Å². The van der Waals surface area contributed by atoms with Crippen molar-refractivity contribution in [2.75, 3.05) is 14.1 Å². The predicted molar refractivity (Wildman–Crippen MR) is 96.1 cm³/mol. The zero-order valence-electron chi connectivity index (χ0n) is 14.6. The average Bonchev–Trinajstić information content (AvgIpc) is 3.03. The Morgan fingerprint density at radius 3 is 2.73 bits per heavy atom. The molecule has 1 aliphatic carbocycles. The quantitative estimate of drug-likeness (QED) is 0.889. The monoisotopic (exact) mass is 378 g/mol. The van der Waals surface area contributed by atoms with Crippen LogP contribution in [0.3, 0.4) is 0 Å². The van der Waals surface area contributed by atoms with Gasteiger partial charge in [0.1, 0.15) is 11.6 Å². The number of hydrogen-bond acceptors (Lipinski definition) is 3. The second-order valence-corrected chi connectivity index (χ2v) is 7.79. The van der Waals surface area contributed by atoms with Crippen molar-refractivity contribution in [1.82, 2.24) is 10.2 Å². The fraction of sp³-hybridized carbons (Fsp3) is 0.368. The van der Waals surface area contributed by atoms with E-state index in [4.69, 9.17) is 0 Å². The van der Waals surface area contributed by atoms with E-state index in [-0.39, 0.29) is 29.8 Å². The zero-order chi connectivity index (χ0) is 18.8. The first-order valence-electron chi connectivity index (χ1n) is 8.40. The second kappa shape index (κ2) is 7.53. The first-order valence-corrected chi connectivity index (χ1v) is 9.21. The van der Waals surface area contributed by atoms with E-state index in [1.807, 2.05) is 6.07 Å². The van der Waals surface area contributed by atoms with E-state index >= 15 is 0 Å². The third-order valence-electron chi connectivity index (χ3n) is 4.54. The summed E-state index contributed by atoms with van der Waals surface area (Å²) >= 11 is 1.49. The standard InChI is InChI=1S/C19H20F2N2O2S/c1-23(2)19(25)17-8-13-7-11(4-6-16(13)26-17)18(24)22-10-12-3-5-14(20)9-15(12)21/h3,5,8-9,11H,4,6-7,10H2,1-2H3,(H,22,24). The van der Waals surface area contributed by atoms with Gasteiger partial charge in [0, 0.05) is 43.1 Å².